The maximum Gasteiger partial charge on any atom is 0.229 e. The van der Waals surface area contributed by atoms with E-state index in [1.54, 1.807) is 18.2 Å². The molecule has 0 aliphatic carbocycles. The summed E-state index contributed by atoms with van der Waals surface area (Å²) in [6, 6.07) is 6.83. The second kappa shape index (κ2) is 7.31. The molecule has 128 valence electrons. The number of rotatable bonds is 6. The number of hydrogen-bond donors (Lipinski definition) is 2. The van der Waals surface area contributed by atoms with Crippen molar-refractivity contribution in [2.75, 3.05) is 17.6 Å². The van der Waals surface area contributed by atoms with E-state index >= 15 is 0 Å². The minimum absolute atomic E-state index is 0.0108. The molecule has 2 rings (SSSR count). The quantitative estimate of drug-likeness (QED) is 0.830. The second-order valence-electron chi connectivity index (χ2n) is 5.94. The summed E-state index contributed by atoms with van der Waals surface area (Å²) in [5.41, 5.74) is 1.33. The van der Waals surface area contributed by atoms with Crippen molar-refractivity contribution in [3.8, 4) is 0 Å². The van der Waals surface area contributed by atoms with Crippen LogP contribution in [-0.2, 0) is 19.6 Å². The highest BCUT2D eigenvalue weighted by Crippen LogP contribution is 2.25. The summed E-state index contributed by atoms with van der Waals surface area (Å²) < 4.78 is 30.6. The van der Waals surface area contributed by atoms with Crippen LogP contribution in [0.4, 0.5) is 5.69 Å². The molecule has 6 nitrogen and oxygen atoms in total. The number of amides is 1. The molecule has 1 unspecified atom stereocenters. The molecule has 0 radical (unpaired) electrons. The SMILES string of the molecule is CC[C@@H]1OCC[C@H]1C(=O)NC(C)c1cccc(NS(C)(=O)=O)c1. The lowest BCUT2D eigenvalue weighted by atomic mass is 9.97. The Labute approximate surface area is 137 Å². The van der Waals surface area contributed by atoms with E-state index in [4.69, 9.17) is 4.74 Å². The van der Waals surface area contributed by atoms with Gasteiger partial charge in [0.25, 0.3) is 0 Å². The van der Waals surface area contributed by atoms with Gasteiger partial charge in [-0.1, -0.05) is 19.1 Å². The van der Waals surface area contributed by atoms with Crippen molar-refractivity contribution < 1.29 is 17.9 Å². The van der Waals surface area contributed by atoms with Gasteiger partial charge in [-0.3, -0.25) is 9.52 Å². The van der Waals surface area contributed by atoms with E-state index < -0.39 is 10.0 Å². The van der Waals surface area contributed by atoms with Crippen molar-refractivity contribution in [2.24, 2.45) is 5.92 Å². The molecular formula is C16H24N2O4S. The van der Waals surface area contributed by atoms with Crippen LogP contribution in [0.3, 0.4) is 0 Å². The molecule has 0 aromatic heterocycles. The minimum atomic E-state index is -3.32. The predicted molar refractivity (Wildman–Crippen MR) is 89.6 cm³/mol. The summed E-state index contributed by atoms with van der Waals surface area (Å²) in [6.45, 7) is 4.52. The van der Waals surface area contributed by atoms with Crippen molar-refractivity contribution in [3.63, 3.8) is 0 Å². The monoisotopic (exact) mass is 340 g/mol. The zero-order chi connectivity index (χ0) is 17.0. The normalized spacial score (nSPS) is 22.6. The maximum absolute atomic E-state index is 12.4. The van der Waals surface area contributed by atoms with Gasteiger partial charge in [0.2, 0.25) is 15.9 Å². The summed E-state index contributed by atoms with van der Waals surface area (Å²) in [5.74, 6) is -0.122. The molecule has 2 N–H and O–H groups in total. The van der Waals surface area contributed by atoms with Crippen LogP contribution >= 0.6 is 0 Å². The first kappa shape index (κ1) is 17.7. The Morgan fingerprint density at radius 3 is 2.83 bits per heavy atom. The number of carbonyl (C=O) groups excluding carboxylic acids is 1. The zero-order valence-corrected chi connectivity index (χ0v) is 14.5. The lowest BCUT2D eigenvalue weighted by Gasteiger charge is -2.21. The van der Waals surface area contributed by atoms with Crippen LogP contribution in [0.25, 0.3) is 0 Å². The molecule has 1 aromatic rings. The van der Waals surface area contributed by atoms with Crippen molar-refractivity contribution in [3.05, 3.63) is 29.8 Å². The van der Waals surface area contributed by atoms with E-state index in [0.29, 0.717) is 12.3 Å². The first-order valence-electron chi connectivity index (χ1n) is 7.80. The van der Waals surface area contributed by atoms with Gasteiger partial charge in [-0.2, -0.15) is 0 Å². The van der Waals surface area contributed by atoms with Crippen LogP contribution in [-0.4, -0.2) is 33.3 Å². The van der Waals surface area contributed by atoms with Crippen LogP contribution in [0.15, 0.2) is 24.3 Å². The lowest BCUT2D eigenvalue weighted by molar-refractivity contribution is -0.127. The van der Waals surface area contributed by atoms with Gasteiger partial charge in [-0.15, -0.1) is 0 Å². The Balaban J connectivity index is 2.04. The highest BCUT2D eigenvalue weighted by Gasteiger charge is 2.33. The second-order valence-corrected chi connectivity index (χ2v) is 7.69. The number of hydrogen-bond acceptors (Lipinski definition) is 4. The molecule has 1 amide bonds. The van der Waals surface area contributed by atoms with Gasteiger partial charge in [-0.25, -0.2) is 8.42 Å². The van der Waals surface area contributed by atoms with E-state index in [-0.39, 0.29) is 24.0 Å². The van der Waals surface area contributed by atoms with Gasteiger partial charge in [-0.05, 0) is 37.5 Å². The van der Waals surface area contributed by atoms with Crippen LogP contribution in [0.1, 0.15) is 38.3 Å². The fourth-order valence-electron chi connectivity index (χ4n) is 2.84. The topological polar surface area (TPSA) is 84.5 Å². The number of nitrogens with one attached hydrogen (secondary N) is 2. The van der Waals surface area contributed by atoms with Crippen LogP contribution in [0.5, 0.6) is 0 Å². The molecular weight excluding hydrogens is 316 g/mol. The zero-order valence-electron chi connectivity index (χ0n) is 13.7. The fourth-order valence-corrected chi connectivity index (χ4v) is 3.40. The molecule has 0 spiro atoms. The Morgan fingerprint density at radius 2 is 2.17 bits per heavy atom. The van der Waals surface area contributed by atoms with Gasteiger partial charge >= 0.3 is 0 Å². The molecule has 1 heterocycles. The van der Waals surface area contributed by atoms with E-state index in [0.717, 1.165) is 24.7 Å². The summed E-state index contributed by atoms with van der Waals surface area (Å²) in [4.78, 5) is 12.4. The largest absolute Gasteiger partial charge is 0.377 e. The first-order chi connectivity index (χ1) is 10.8. The van der Waals surface area contributed by atoms with Crippen LogP contribution in [0.2, 0.25) is 0 Å². The van der Waals surface area contributed by atoms with Gasteiger partial charge in [0, 0.05) is 12.3 Å². The highest BCUT2D eigenvalue weighted by atomic mass is 32.2. The summed E-state index contributed by atoms with van der Waals surface area (Å²) >= 11 is 0. The van der Waals surface area contributed by atoms with E-state index in [1.165, 1.54) is 0 Å². The third kappa shape index (κ3) is 4.94. The molecule has 1 fully saturated rings. The Hall–Kier alpha value is -1.60. The van der Waals surface area contributed by atoms with Gasteiger partial charge in [0.15, 0.2) is 0 Å². The molecule has 1 aliphatic rings. The number of ether oxygens (including phenoxy) is 1. The summed E-state index contributed by atoms with van der Waals surface area (Å²) in [5, 5.41) is 3.00. The maximum atomic E-state index is 12.4. The molecule has 0 saturated carbocycles. The van der Waals surface area contributed by atoms with Crippen LogP contribution < -0.4 is 10.0 Å². The molecule has 23 heavy (non-hydrogen) atoms. The number of sulfonamides is 1. The van der Waals surface area contributed by atoms with Crippen molar-refractivity contribution in [2.45, 2.75) is 38.8 Å². The van der Waals surface area contributed by atoms with Gasteiger partial charge in [0.1, 0.15) is 0 Å². The molecule has 7 heteroatoms. The average molecular weight is 340 g/mol. The first-order valence-corrected chi connectivity index (χ1v) is 9.69. The third-order valence-electron chi connectivity index (χ3n) is 4.00. The van der Waals surface area contributed by atoms with Crippen molar-refractivity contribution in [1.29, 1.82) is 0 Å². The van der Waals surface area contributed by atoms with Gasteiger partial charge in [0.05, 0.1) is 24.3 Å². The molecule has 0 bridgehead atoms. The van der Waals surface area contributed by atoms with Gasteiger partial charge < -0.3 is 10.1 Å². The van der Waals surface area contributed by atoms with Crippen LogP contribution in [0, 0.1) is 5.92 Å². The van der Waals surface area contributed by atoms with Crippen molar-refractivity contribution in [1.82, 2.24) is 5.32 Å². The average Bonchev–Trinajstić information content (AvgIpc) is 2.94. The summed E-state index contributed by atoms with van der Waals surface area (Å²) in [7, 11) is -3.32. The molecule has 1 saturated heterocycles. The Bertz CT molecular complexity index is 660. The number of benzene rings is 1. The van der Waals surface area contributed by atoms with Crippen molar-refractivity contribution >= 4 is 21.6 Å². The van der Waals surface area contributed by atoms with E-state index in [1.807, 2.05) is 19.9 Å². The molecule has 1 aromatic carbocycles. The molecule has 1 aliphatic heterocycles. The minimum Gasteiger partial charge on any atom is -0.377 e. The van der Waals surface area contributed by atoms with E-state index in [9.17, 15) is 13.2 Å². The standard InChI is InChI=1S/C16H24N2O4S/c1-4-15-14(8-9-22-15)16(19)17-11(2)12-6-5-7-13(10-12)18-23(3,20)21/h5-7,10-11,14-15,18H,4,8-9H2,1-3H3,(H,17,19)/t11?,14-,15+/m1/s1. The smallest absolute Gasteiger partial charge is 0.229 e. The number of anilines is 1. The third-order valence-corrected chi connectivity index (χ3v) is 4.60. The summed E-state index contributed by atoms with van der Waals surface area (Å²) in [6.07, 6.45) is 2.66. The lowest BCUT2D eigenvalue weighted by Crippen LogP contribution is -2.36. The molecule has 3 atom stereocenters. The fraction of sp³-hybridized carbons (Fsp3) is 0.562. The Kier molecular flexibility index (Phi) is 5.64. The Morgan fingerprint density at radius 1 is 1.43 bits per heavy atom. The highest BCUT2D eigenvalue weighted by molar-refractivity contribution is 7.92. The predicted octanol–water partition coefficient (Wildman–Crippen LogP) is 2.05. The number of carbonyl (C=O) groups is 1. The van der Waals surface area contributed by atoms with E-state index in [2.05, 4.69) is 10.0 Å².